The van der Waals surface area contributed by atoms with E-state index in [0.29, 0.717) is 5.92 Å². The number of amides is 1. The smallest absolute Gasteiger partial charge is 0.223 e. The number of hydrogen-bond acceptors (Lipinski definition) is 1. The van der Waals surface area contributed by atoms with E-state index in [1.165, 1.54) is 0 Å². The van der Waals surface area contributed by atoms with Crippen molar-refractivity contribution in [2.75, 3.05) is 6.54 Å². The summed E-state index contributed by atoms with van der Waals surface area (Å²) in [4.78, 5) is 11.2. The van der Waals surface area contributed by atoms with Crippen LogP contribution in [0.2, 0.25) is 0 Å². The van der Waals surface area contributed by atoms with Crippen molar-refractivity contribution in [1.29, 1.82) is 0 Å². The molecule has 1 N–H and O–H groups in total. The van der Waals surface area contributed by atoms with Gasteiger partial charge in [-0.15, -0.1) is 0 Å². The molecule has 0 aromatic rings. The fraction of sp³-hybridized carbons (Fsp3) is 0.700. The highest BCUT2D eigenvalue weighted by Crippen LogP contribution is 2.19. The molecule has 0 aliphatic carbocycles. The van der Waals surface area contributed by atoms with Gasteiger partial charge in [-0.3, -0.25) is 4.79 Å². The summed E-state index contributed by atoms with van der Waals surface area (Å²) in [6.45, 7) is 5.04. The van der Waals surface area contributed by atoms with Gasteiger partial charge in [-0.1, -0.05) is 19.1 Å². The van der Waals surface area contributed by atoms with Crippen molar-refractivity contribution in [2.45, 2.75) is 26.7 Å². The molecule has 1 heterocycles. The predicted octanol–water partition coefficient (Wildman–Crippen LogP) is 1.72. The van der Waals surface area contributed by atoms with Crippen molar-refractivity contribution < 1.29 is 4.79 Å². The first kappa shape index (κ1) is 9.30. The summed E-state index contributed by atoms with van der Waals surface area (Å²) in [6, 6.07) is 0. The van der Waals surface area contributed by atoms with E-state index >= 15 is 0 Å². The highest BCUT2D eigenvalue weighted by Gasteiger charge is 2.24. The average molecular weight is 167 g/mol. The van der Waals surface area contributed by atoms with E-state index in [-0.39, 0.29) is 11.8 Å². The number of carbonyl (C=O) groups is 1. The molecule has 0 saturated carbocycles. The number of carbonyl (C=O) groups excluding carboxylic acids is 1. The molecule has 2 heteroatoms. The summed E-state index contributed by atoms with van der Waals surface area (Å²) in [6.07, 6.45) is 6.22. The Kier molecular flexibility index (Phi) is 3.32. The minimum Gasteiger partial charge on any atom is -0.356 e. The second kappa shape index (κ2) is 4.29. The van der Waals surface area contributed by atoms with E-state index < -0.39 is 0 Å². The lowest BCUT2D eigenvalue weighted by Gasteiger charge is -2.09. The Balaban J connectivity index is 2.34. The van der Waals surface area contributed by atoms with Crippen molar-refractivity contribution in [3.8, 4) is 0 Å². The van der Waals surface area contributed by atoms with E-state index in [2.05, 4.69) is 24.4 Å². The topological polar surface area (TPSA) is 29.1 Å². The normalized spacial score (nSPS) is 26.2. The third-order valence-corrected chi connectivity index (χ3v) is 2.34. The fourth-order valence-electron chi connectivity index (χ4n) is 1.73. The van der Waals surface area contributed by atoms with Gasteiger partial charge in [0.15, 0.2) is 0 Å². The molecule has 0 radical (unpaired) electrons. The van der Waals surface area contributed by atoms with Crippen LogP contribution in [-0.2, 0) is 4.79 Å². The third kappa shape index (κ3) is 2.36. The van der Waals surface area contributed by atoms with Gasteiger partial charge in [0.25, 0.3) is 0 Å². The molecule has 0 unspecified atom stereocenters. The van der Waals surface area contributed by atoms with Gasteiger partial charge in [0.05, 0.1) is 0 Å². The van der Waals surface area contributed by atoms with Crippen LogP contribution < -0.4 is 5.32 Å². The first-order valence-corrected chi connectivity index (χ1v) is 4.64. The van der Waals surface area contributed by atoms with Gasteiger partial charge in [-0.05, 0) is 25.7 Å². The Hall–Kier alpha value is -0.790. The second-order valence-electron chi connectivity index (χ2n) is 3.52. The lowest BCUT2D eigenvalue weighted by molar-refractivity contribution is -0.122. The summed E-state index contributed by atoms with van der Waals surface area (Å²) in [5.74, 6) is 1.03. The van der Waals surface area contributed by atoms with Gasteiger partial charge in [0.2, 0.25) is 5.91 Å². The Labute approximate surface area is 74.0 Å². The summed E-state index contributed by atoms with van der Waals surface area (Å²) in [5.41, 5.74) is 0. The van der Waals surface area contributed by atoms with Crippen LogP contribution in [-0.4, -0.2) is 12.5 Å². The SMILES string of the molecule is C/C=C/[C@@H](C)C[C@@H]1CCNC1=O. The second-order valence-corrected chi connectivity index (χ2v) is 3.52. The molecule has 12 heavy (non-hydrogen) atoms. The molecule has 1 fully saturated rings. The molecule has 1 aliphatic rings. The molecule has 68 valence electrons. The maximum absolute atomic E-state index is 11.2. The van der Waals surface area contributed by atoms with Crippen molar-refractivity contribution >= 4 is 5.91 Å². The Morgan fingerprint density at radius 3 is 3.00 bits per heavy atom. The Morgan fingerprint density at radius 1 is 1.75 bits per heavy atom. The van der Waals surface area contributed by atoms with Crippen LogP contribution in [0.3, 0.4) is 0 Å². The zero-order valence-corrected chi connectivity index (χ0v) is 7.84. The molecule has 1 amide bonds. The molecular formula is C10H17NO. The van der Waals surface area contributed by atoms with E-state index in [1.807, 2.05) is 6.92 Å². The van der Waals surface area contributed by atoms with Crippen LogP contribution in [0.4, 0.5) is 0 Å². The largest absolute Gasteiger partial charge is 0.356 e. The Bertz CT molecular complexity index is 186. The van der Waals surface area contributed by atoms with Crippen molar-refractivity contribution in [3.05, 3.63) is 12.2 Å². The molecule has 0 spiro atoms. The van der Waals surface area contributed by atoms with Crippen LogP contribution in [0.1, 0.15) is 26.7 Å². The average Bonchev–Trinajstić information content (AvgIpc) is 2.37. The van der Waals surface area contributed by atoms with Gasteiger partial charge < -0.3 is 5.32 Å². The van der Waals surface area contributed by atoms with Gasteiger partial charge in [0, 0.05) is 12.5 Å². The van der Waals surface area contributed by atoms with Crippen LogP contribution in [0.25, 0.3) is 0 Å². The van der Waals surface area contributed by atoms with Crippen LogP contribution >= 0.6 is 0 Å². The monoisotopic (exact) mass is 167 g/mol. The minimum atomic E-state index is 0.242. The zero-order valence-electron chi connectivity index (χ0n) is 7.84. The molecule has 0 bridgehead atoms. The summed E-state index contributed by atoms with van der Waals surface area (Å²) < 4.78 is 0. The molecular weight excluding hydrogens is 150 g/mol. The summed E-state index contributed by atoms with van der Waals surface area (Å²) >= 11 is 0. The van der Waals surface area contributed by atoms with Crippen LogP contribution in [0.5, 0.6) is 0 Å². The third-order valence-electron chi connectivity index (χ3n) is 2.34. The first-order valence-electron chi connectivity index (χ1n) is 4.64. The van der Waals surface area contributed by atoms with Gasteiger partial charge in [-0.25, -0.2) is 0 Å². The fourth-order valence-corrected chi connectivity index (χ4v) is 1.73. The molecule has 2 nitrogen and oxygen atoms in total. The van der Waals surface area contributed by atoms with Crippen molar-refractivity contribution in [2.24, 2.45) is 11.8 Å². The van der Waals surface area contributed by atoms with Gasteiger partial charge in [0.1, 0.15) is 0 Å². The van der Waals surface area contributed by atoms with E-state index in [1.54, 1.807) is 0 Å². The lowest BCUT2D eigenvalue weighted by Crippen LogP contribution is -2.20. The molecule has 2 atom stereocenters. The number of rotatable bonds is 3. The summed E-state index contributed by atoms with van der Waals surface area (Å²) in [5, 5.41) is 2.85. The maximum atomic E-state index is 11.2. The highest BCUT2D eigenvalue weighted by atomic mass is 16.2. The maximum Gasteiger partial charge on any atom is 0.223 e. The van der Waals surface area contributed by atoms with Gasteiger partial charge in [-0.2, -0.15) is 0 Å². The lowest BCUT2D eigenvalue weighted by atomic mass is 9.94. The standard InChI is InChI=1S/C10H17NO/c1-3-4-8(2)7-9-5-6-11-10(9)12/h3-4,8-9H,5-7H2,1-2H3,(H,11,12)/b4-3+/t8-,9+/m1/s1. The molecule has 0 aromatic heterocycles. The number of allylic oxidation sites excluding steroid dienone is 2. The predicted molar refractivity (Wildman–Crippen MR) is 49.7 cm³/mol. The van der Waals surface area contributed by atoms with Crippen molar-refractivity contribution in [3.63, 3.8) is 0 Å². The first-order chi connectivity index (χ1) is 5.74. The highest BCUT2D eigenvalue weighted by molar-refractivity contribution is 5.80. The van der Waals surface area contributed by atoms with Crippen LogP contribution in [0.15, 0.2) is 12.2 Å². The van der Waals surface area contributed by atoms with E-state index in [4.69, 9.17) is 0 Å². The number of nitrogens with one attached hydrogen (secondary N) is 1. The zero-order chi connectivity index (χ0) is 8.97. The summed E-state index contributed by atoms with van der Waals surface area (Å²) in [7, 11) is 0. The van der Waals surface area contributed by atoms with E-state index in [0.717, 1.165) is 19.4 Å². The quantitative estimate of drug-likeness (QED) is 0.637. The molecule has 1 rings (SSSR count). The molecule has 1 aliphatic heterocycles. The minimum absolute atomic E-state index is 0.242. The van der Waals surface area contributed by atoms with Crippen LogP contribution in [0, 0.1) is 11.8 Å². The molecule has 1 saturated heterocycles. The van der Waals surface area contributed by atoms with E-state index in [9.17, 15) is 4.79 Å². The van der Waals surface area contributed by atoms with Crippen molar-refractivity contribution in [1.82, 2.24) is 5.32 Å². The molecule has 0 aromatic carbocycles. The Morgan fingerprint density at radius 2 is 2.50 bits per heavy atom. The van der Waals surface area contributed by atoms with Gasteiger partial charge >= 0.3 is 0 Å². The number of hydrogen-bond donors (Lipinski definition) is 1.